The third-order valence-electron chi connectivity index (χ3n) is 4.13. The van der Waals surface area contributed by atoms with Gasteiger partial charge in [-0.25, -0.2) is 0 Å². The van der Waals surface area contributed by atoms with Crippen LogP contribution in [0.5, 0.6) is 0 Å². The summed E-state index contributed by atoms with van der Waals surface area (Å²) in [6, 6.07) is 0.450. The fourth-order valence-corrected chi connectivity index (χ4v) is 2.99. The standard InChI is InChI=1S/C12H20N2O2/c1-14-6-9-5-10(11(7-14)16-9)12(15)13-8-3-2-4-8/h8-11H,2-7H2,1H3,(H,13,15)/t9-,10+,11-/m1/s1. The number of fused-ring (bicyclic) bond motifs is 2. The zero-order valence-electron chi connectivity index (χ0n) is 9.82. The van der Waals surface area contributed by atoms with Crippen LogP contribution in [0.2, 0.25) is 0 Å². The SMILES string of the molecule is CN1C[C@H]2C[C@H](C(=O)NC3CCC3)[C@@H](C1)O2. The Bertz CT molecular complexity index is 291. The number of nitrogens with zero attached hydrogens (tertiary/aromatic N) is 1. The van der Waals surface area contributed by atoms with E-state index in [1.165, 1.54) is 6.42 Å². The minimum atomic E-state index is 0.0931. The van der Waals surface area contributed by atoms with Gasteiger partial charge in [-0.05, 0) is 32.7 Å². The molecule has 4 heteroatoms. The van der Waals surface area contributed by atoms with Crippen molar-refractivity contribution in [2.75, 3.05) is 20.1 Å². The van der Waals surface area contributed by atoms with Gasteiger partial charge < -0.3 is 15.0 Å². The largest absolute Gasteiger partial charge is 0.371 e. The molecule has 0 aromatic rings. The lowest BCUT2D eigenvalue weighted by molar-refractivity contribution is -0.129. The molecule has 0 aromatic heterocycles. The van der Waals surface area contributed by atoms with Crippen LogP contribution >= 0.6 is 0 Å². The van der Waals surface area contributed by atoms with Gasteiger partial charge in [-0.3, -0.25) is 4.79 Å². The van der Waals surface area contributed by atoms with Crippen LogP contribution in [-0.2, 0) is 9.53 Å². The molecule has 1 amide bonds. The van der Waals surface area contributed by atoms with E-state index in [1.54, 1.807) is 0 Å². The number of likely N-dealkylation sites (tertiary alicyclic amines) is 1. The monoisotopic (exact) mass is 224 g/mol. The number of hydrogen-bond donors (Lipinski definition) is 1. The van der Waals surface area contributed by atoms with E-state index in [0.717, 1.165) is 32.4 Å². The topological polar surface area (TPSA) is 41.6 Å². The van der Waals surface area contributed by atoms with Crippen LogP contribution in [0.15, 0.2) is 0 Å². The Morgan fingerprint density at radius 1 is 1.38 bits per heavy atom. The zero-order chi connectivity index (χ0) is 11.1. The molecule has 3 atom stereocenters. The average molecular weight is 224 g/mol. The molecule has 2 heterocycles. The summed E-state index contributed by atoms with van der Waals surface area (Å²) in [5.41, 5.74) is 0. The summed E-state index contributed by atoms with van der Waals surface area (Å²) in [5.74, 6) is 0.322. The molecule has 90 valence electrons. The van der Waals surface area contributed by atoms with Crippen LogP contribution in [0.25, 0.3) is 0 Å². The maximum atomic E-state index is 12.1. The van der Waals surface area contributed by atoms with E-state index >= 15 is 0 Å². The number of likely N-dealkylation sites (N-methyl/N-ethyl adjacent to an activating group) is 1. The number of nitrogens with one attached hydrogen (secondary N) is 1. The number of rotatable bonds is 2. The summed E-state index contributed by atoms with van der Waals surface area (Å²) >= 11 is 0. The molecule has 16 heavy (non-hydrogen) atoms. The van der Waals surface area contributed by atoms with Gasteiger partial charge in [0.25, 0.3) is 0 Å². The maximum Gasteiger partial charge on any atom is 0.226 e. The van der Waals surface area contributed by atoms with E-state index in [1.807, 2.05) is 0 Å². The van der Waals surface area contributed by atoms with E-state index in [4.69, 9.17) is 4.74 Å². The van der Waals surface area contributed by atoms with Crippen LogP contribution in [0.3, 0.4) is 0 Å². The fourth-order valence-electron chi connectivity index (χ4n) is 2.99. The van der Waals surface area contributed by atoms with Crippen molar-refractivity contribution in [2.45, 2.75) is 43.9 Å². The van der Waals surface area contributed by atoms with Crippen molar-refractivity contribution in [3.63, 3.8) is 0 Å². The minimum Gasteiger partial charge on any atom is -0.371 e. The predicted molar refractivity (Wildman–Crippen MR) is 60.0 cm³/mol. The number of morpholine rings is 1. The molecule has 3 fully saturated rings. The fraction of sp³-hybridized carbons (Fsp3) is 0.917. The van der Waals surface area contributed by atoms with E-state index in [0.29, 0.717) is 6.04 Å². The Kier molecular flexibility index (Phi) is 2.64. The highest BCUT2D eigenvalue weighted by Crippen LogP contribution is 2.32. The van der Waals surface area contributed by atoms with E-state index < -0.39 is 0 Å². The number of ether oxygens (including phenoxy) is 1. The molecule has 0 spiro atoms. The van der Waals surface area contributed by atoms with Crippen molar-refractivity contribution in [1.82, 2.24) is 10.2 Å². The molecule has 0 aromatic carbocycles. The highest BCUT2D eigenvalue weighted by molar-refractivity contribution is 5.80. The lowest BCUT2D eigenvalue weighted by Gasteiger charge is -2.31. The van der Waals surface area contributed by atoms with Gasteiger partial charge in [0.05, 0.1) is 18.1 Å². The van der Waals surface area contributed by atoms with E-state index in [2.05, 4.69) is 17.3 Å². The van der Waals surface area contributed by atoms with Crippen LogP contribution in [0.1, 0.15) is 25.7 Å². The molecular weight excluding hydrogens is 204 g/mol. The van der Waals surface area contributed by atoms with Crippen molar-refractivity contribution >= 4 is 5.91 Å². The molecule has 3 aliphatic rings. The summed E-state index contributed by atoms with van der Waals surface area (Å²) in [5, 5.41) is 3.15. The molecule has 0 radical (unpaired) electrons. The van der Waals surface area contributed by atoms with Gasteiger partial charge in [-0.1, -0.05) is 0 Å². The normalized spacial score (nSPS) is 39.4. The molecule has 4 nitrogen and oxygen atoms in total. The molecule has 2 bridgehead atoms. The van der Waals surface area contributed by atoms with Gasteiger partial charge in [0.1, 0.15) is 0 Å². The molecule has 2 aliphatic heterocycles. The van der Waals surface area contributed by atoms with Crippen LogP contribution < -0.4 is 5.32 Å². The lowest BCUT2D eigenvalue weighted by Crippen LogP contribution is -2.47. The first-order chi connectivity index (χ1) is 7.72. The summed E-state index contributed by atoms with van der Waals surface area (Å²) in [4.78, 5) is 14.4. The Balaban J connectivity index is 1.60. The zero-order valence-corrected chi connectivity index (χ0v) is 9.82. The Morgan fingerprint density at radius 2 is 2.19 bits per heavy atom. The highest BCUT2D eigenvalue weighted by atomic mass is 16.5. The van der Waals surface area contributed by atoms with Crippen molar-refractivity contribution in [1.29, 1.82) is 0 Å². The third kappa shape index (κ3) is 1.84. The van der Waals surface area contributed by atoms with Gasteiger partial charge >= 0.3 is 0 Å². The number of carbonyl (C=O) groups is 1. The van der Waals surface area contributed by atoms with Gasteiger partial charge in [-0.15, -0.1) is 0 Å². The number of carbonyl (C=O) groups excluding carboxylic acids is 1. The third-order valence-corrected chi connectivity index (χ3v) is 4.13. The Labute approximate surface area is 96.3 Å². The van der Waals surface area contributed by atoms with Crippen molar-refractivity contribution < 1.29 is 9.53 Å². The van der Waals surface area contributed by atoms with Gasteiger partial charge in [0.15, 0.2) is 0 Å². The summed E-state index contributed by atoms with van der Waals surface area (Å²) in [7, 11) is 2.11. The van der Waals surface area contributed by atoms with Gasteiger partial charge in [0, 0.05) is 19.1 Å². The van der Waals surface area contributed by atoms with E-state index in [9.17, 15) is 4.79 Å². The first-order valence-electron chi connectivity index (χ1n) is 6.37. The summed E-state index contributed by atoms with van der Waals surface area (Å²) < 4.78 is 5.83. The summed E-state index contributed by atoms with van der Waals surface area (Å²) in [6.45, 7) is 1.88. The molecule has 1 aliphatic carbocycles. The Hall–Kier alpha value is -0.610. The lowest BCUT2D eigenvalue weighted by atomic mass is 9.91. The summed E-state index contributed by atoms with van der Waals surface area (Å²) in [6.07, 6.45) is 4.90. The molecule has 2 saturated heterocycles. The Morgan fingerprint density at radius 3 is 2.88 bits per heavy atom. The quantitative estimate of drug-likeness (QED) is 0.737. The molecule has 1 saturated carbocycles. The molecule has 3 rings (SSSR count). The van der Waals surface area contributed by atoms with Crippen LogP contribution in [-0.4, -0.2) is 49.2 Å². The average Bonchev–Trinajstić information content (AvgIpc) is 2.47. The molecular formula is C12H20N2O2. The first-order valence-corrected chi connectivity index (χ1v) is 6.37. The second-order valence-electron chi connectivity index (χ2n) is 5.50. The van der Waals surface area contributed by atoms with E-state index in [-0.39, 0.29) is 24.0 Å². The van der Waals surface area contributed by atoms with Crippen molar-refractivity contribution in [2.24, 2.45) is 5.92 Å². The van der Waals surface area contributed by atoms with Crippen molar-refractivity contribution in [3.8, 4) is 0 Å². The smallest absolute Gasteiger partial charge is 0.226 e. The number of hydrogen-bond acceptors (Lipinski definition) is 3. The minimum absolute atomic E-state index is 0.0931. The maximum absolute atomic E-state index is 12.1. The molecule has 0 unspecified atom stereocenters. The predicted octanol–water partition coefficient (Wildman–Crippen LogP) is 0.374. The second-order valence-corrected chi connectivity index (χ2v) is 5.50. The van der Waals surface area contributed by atoms with Crippen molar-refractivity contribution in [3.05, 3.63) is 0 Å². The van der Waals surface area contributed by atoms with Crippen LogP contribution in [0, 0.1) is 5.92 Å². The first kappa shape index (κ1) is 10.5. The second kappa shape index (κ2) is 4.00. The number of amides is 1. The highest BCUT2D eigenvalue weighted by Gasteiger charge is 2.44. The van der Waals surface area contributed by atoms with Gasteiger partial charge in [-0.2, -0.15) is 0 Å². The van der Waals surface area contributed by atoms with Crippen LogP contribution in [0.4, 0.5) is 0 Å². The van der Waals surface area contributed by atoms with Gasteiger partial charge in [0.2, 0.25) is 5.91 Å². The molecule has 1 N–H and O–H groups in total.